The van der Waals surface area contributed by atoms with Crippen LogP contribution in [-0.2, 0) is 4.74 Å². The molecule has 78 valence electrons. The topological polar surface area (TPSA) is 12.5 Å². The monoisotopic (exact) mass is 196 g/mol. The quantitative estimate of drug-likeness (QED) is 0.634. The smallest absolute Gasteiger partial charge is 0.448 e. The molecule has 0 aliphatic carbocycles. The van der Waals surface area contributed by atoms with E-state index in [1.807, 2.05) is 0 Å². The van der Waals surface area contributed by atoms with Crippen molar-refractivity contribution in [1.82, 2.24) is 4.90 Å². The summed E-state index contributed by atoms with van der Waals surface area (Å²) in [6.07, 6.45) is 0.846. The van der Waals surface area contributed by atoms with Crippen LogP contribution in [0.4, 0.5) is 12.9 Å². The largest absolute Gasteiger partial charge is 0.492 e. The molecule has 1 rings (SSSR count). The zero-order valence-corrected chi connectivity index (χ0v) is 7.68. The van der Waals surface area contributed by atoms with E-state index in [1.165, 1.54) is 4.90 Å². The van der Waals surface area contributed by atoms with Gasteiger partial charge in [0.15, 0.2) is 0 Å². The number of hydrogen-bond acceptors (Lipinski definition) is 2. The van der Waals surface area contributed by atoms with Crippen molar-refractivity contribution < 1.29 is 17.7 Å². The summed E-state index contributed by atoms with van der Waals surface area (Å²) in [5, 5.41) is 0. The maximum atomic E-state index is 12.0. The maximum Gasteiger partial charge on any atom is 0.492 e. The molecule has 0 atom stereocenters. The van der Waals surface area contributed by atoms with Crippen molar-refractivity contribution in [3.05, 3.63) is 0 Å². The predicted molar refractivity (Wildman–Crippen MR) is 45.5 cm³/mol. The lowest BCUT2D eigenvalue weighted by Crippen LogP contribution is -2.44. The van der Waals surface area contributed by atoms with Gasteiger partial charge in [0.2, 0.25) is 0 Å². The summed E-state index contributed by atoms with van der Waals surface area (Å²) in [5.74, 6) is 0. The van der Waals surface area contributed by atoms with Gasteiger partial charge in [0.05, 0.1) is 6.10 Å². The van der Waals surface area contributed by atoms with E-state index in [0.717, 1.165) is 0 Å². The fraction of sp³-hybridized carbons (Fsp3) is 1.00. The molecule has 0 amide bonds. The molecule has 0 radical (unpaired) electrons. The van der Waals surface area contributed by atoms with Crippen LogP contribution in [0, 0.1) is 0 Å². The van der Waals surface area contributed by atoms with E-state index in [2.05, 4.69) is 0 Å². The molecule has 0 aromatic heterocycles. The van der Waals surface area contributed by atoms with E-state index in [4.69, 9.17) is 4.74 Å². The highest BCUT2D eigenvalue weighted by molar-refractivity contribution is 6.58. The molecule has 1 saturated heterocycles. The highest BCUT2D eigenvalue weighted by atomic mass is 19.4. The van der Waals surface area contributed by atoms with Gasteiger partial charge in [0.1, 0.15) is 0 Å². The Kier molecular flexibility index (Phi) is 3.61. The Labute approximate surface area is 76.1 Å². The Morgan fingerprint density at radius 2 is 1.85 bits per heavy atom. The second kappa shape index (κ2) is 4.33. The lowest BCUT2D eigenvalue weighted by Gasteiger charge is -2.34. The lowest BCUT2D eigenvalue weighted by molar-refractivity contribution is 0.0437. The van der Waals surface area contributed by atoms with E-state index in [-0.39, 0.29) is 6.10 Å². The van der Waals surface area contributed by atoms with E-state index >= 15 is 0 Å². The van der Waals surface area contributed by atoms with Crippen LogP contribution in [0.15, 0.2) is 0 Å². The van der Waals surface area contributed by atoms with Crippen LogP contribution in [0.3, 0.4) is 0 Å². The third-order valence-corrected chi connectivity index (χ3v) is 2.33. The molecule has 1 heterocycles. The van der Waals surface area contributed by atoms with E-state index in [1.54, 1.807) is 7.11 Å². The van der Waals surface area contributed by atoms with Gasteiger partial charge in [-0.1, -0.05) is 0 Å². The molecule has 0 saturated carbocycles. The summed E-state index contributed by atoms with van der Waals surface area (Å²) in [4.78, 5) is 1.45. The zero-order chi connectivity index (χ0) is 9.90. The predicted octanol–water partition coefficient (Wildman–Crippen LogP) is 1.48. The molecule has 1 aliphatic heterocycles. The van der Waals surface area contributed by atoms with Gasteiger partial charge in [-0.2, -0.15) is 0 Å². The number of nitrogens with zero attached hydrogens (tertiary/aromatic N) is 1. The highest BCUT2D eigenvalue weighted by Crippen LogP contribution is 2.17. The molecule has 2 nitrogen and oxygen atoms in total. The number of methoxy groups -OCH3 is 1. The maximum absolute atomic E-state index is 12.0. The first-order chi connectivity index (χ1) is 6.01. The van der Waals surface area contributed by atoms with Crippen LogP contribution in [0.1, 0.15) is 12.8 Å². The molecule has 6 heteroatoms. The van der Waals surface area contributed by atoms with Crippen LogP contribution >= 0.6 is 0 Å². The standard InChI is InChI=1S/C7H14BF3NO/c1-13-7-2-4-12(5-3-7)6-8(9,10)11/h7H,2-6H2,1H3/q-1. The van der Waals surface area contributed by atoms with Crippen molar-refractivity contribution in [2.75, 3.05) is 26.6 Å². The number of ether oxygens (including phenoxy) is 1. The third-order valence-electron chi connectivity index (χ3n) is 2.33. The van der Waals surface area contributed by atoms with Crippen LogP contribution in [-0.4, -0.2) is 44.6 Å². The first kappa shape index (κ1) is 10.9. The molecule has 0 aromatic rings. The Balaban J connectivity index is 2.25. The van der Waals surface area contributed by atoms with Gasteiger partial charge < -0.3 is 22.6 Å². The van der Waals surface area contributed by atoms with Gasteiger partial charge in [-0.05, 0) is 32.4 Å². The number of halogens is 3. The average molecular weight is 196 g/mol. The molecule has 13 heavy (non-hydrogen) atoms. The Morgan fingerprint density at radius 1 is 1.31 bits per heavy atom. The van der Waals surface area contributed by atoms with Crippen LogP contribution in [0.25, 0.3) is 0 Å². The van der Waals surface area contributed by atoms with Crippen molar-refractivity contribution >= 4 is 6.98 Å². The van der Waals surface area contributed by atoms with Crippen LogP contribution in [0.5, 0.6) is 0 Å². The van der Waals surface area contributed by atoms with Crippen molar-refractivity contribution in [3.8, 4) is 0 Å². The SMILES string of the molecule is COC1CCN(C[B-](F)(F)F)CC1. The van der Waals surface area contributed by atoms with Gasteiger partial charge in [0.25, 0.3) is 0 Å². The van der Waals surface area contributed by atoms with Crippen LogP contribution < -0.4 is 0 Å². The second-order valence-corrected chi connectivity index (χ2v) is 3.45. The number of hydrogen-bond donors (Lipinski definition) is 0. The summed E-state index contributed by atoms with van der Waals surface area (Å²) < 4.78 is 41.1. The van der Waals surface area contributed by atoms with E-state index in [0.29, 0.717) is 25.9 Å². The van der Waals surface area contributed by atoms with Crippen LogP contribution in [0.2, 0.25) is 0 Å². The van der Waals surface area contributed by atoms with Gasteiger partial charge in [-0.3, -0.25) is 0 Å². The first-order valence-corrected chi connectivity index (χ1v) is 4.47. The summed E-state index contributed by atoms with van der Waals surface area (Å²) in [6.45, 7) is -3.66. The van der Waals surface area contributed by atoms with Crippen molar-refractivity contribution in [1.29, 1.82) is 0 Å². The fourth-order valence-electron chi connectivity index (χ4n) is 1.62. The summed E-state index contributed by atoms with van der Waals surface area (Å²) in [7, 11) is 1.61. The second-order valence-electron chi connectivity index (χ2n) is 3.45. The molecule has 0 aromatic carbocycles. The Hall–Kier alpha value is -0.225. The molecule has 0 bridgehead atoms. The summed E-state index contributed by atoms with van der Waals surface area (Å²) in [6, 6.07) is 0. The minimum Gasteiger partial charge on any atom is -0.448 e. The molecule has 0 unspecified atom stereocenters. The van der Waals surface area contributed by atoms with Crippen molar-refractivity contribution in [2.24, 2.45) is 0 Å². The van der Waals surface area contributed by atoms with Crippen molar-refractivity contribution in [2.45, 2.75) is 18.9 Å². The summed E-state index contributed by atoms with van der Waals surface area (Å²) in [5.41, 5.74) is 0. The highest BCUT2D eigenvalue weighted by Gasteiger charge is 2.28. The fourth-order valence-corrected chi connectivity index (χ4v) is 1.62. The van der Waals surface area contributed by atoms with Gasteiger partial charge in [-0.25, -0.2) is 0 Å². The number of rotatable bonds is 3. The van der Waals surface area contributed by atoms with E-state index in [9.17, 15) is 12.9 Å². The van der Waals surface area contributed by atoms with Gasteiger partial charge in [-0.15, -0.1) is 0 Å². The third kappa shape index (κ3) is 4.00. The van der Waals surface area contributed by atoms with Gasteiger partial charge >= 0.3 is 6.98 Å². The minimum absolute atomic E-state index is 0.150. The molecular formula is C7H14BF3NO-. The Bertz CT molecular complexity index is 156. The first-order valence-electron chi connectivity index (χ1n) is 4.47. The molecule has 0 spiro atoms. The number of likely N-dealkylation sites (tertiary alicyclic amines) is 1. The summed E-state index contributed by atoms with van der Waals surface area (Å²) >= 11 is 0. The minimum atomic E-state index is -4.66. The van der Waals surface area contributed by atoms with Crippen molar-refractivity contribution in [3.63, 3.8) is 0 Å². The average Bonchev–Trinajstić information content (AvgIpc) is 2.03. The molecule has 1 fully saturated rings. The Morgan fingerprint density at radius 3 is 2.23 bits per heavy atom. The molecule has 1 aliphatic rings. The number of piperidine rings is 1. The zero-order valence-electron chi connectivity index (χ0n) is 7.68. The molecular weight excluding hydrogens is 182 g/mol. The molecule has 0 N–H and O–H groups in total. The van der Waals surface area contributed by atoms with Gasteiger partial charge in [0, 0.05) is 7.11 Å². The normalized spacial score (nSPS) is 22.2. The van der Waals surface area contributed by atoms with E-state index < -0.39 is 13.4 Å². The lowest BCUT2D eigenvalue weighted by atomic mass is 9.90.